The van der Waals surface area contributed by atoms with Crippen LogP contribution in [0.5, 0.6) is 0 Å². The van der Waals surface area contributed by atoms with Crippen LogP contribution in [0.1, 0.15) is 26.7 Å². The molecule has 0 aliphatic carbocycles. The van der Waals surface area contributed by atoms with E-state index in [1.165, 1.54) is 11.8 Å². The first-order chi connectivity index (χ1) is 15.4. The Balaban J connectivity index is 1.51. The van der Waals surface area contributed by atoms with E-state index in [1.807, 2.05) is 49.1 Å². The summed E-state index contributed by atoms with van der Waals surface area (Å²) in [6.45, 7) is 5.26. The molecule has 6 nitrogen and oxygen atoms in total. The fraction of sp³-hybridized carbons (Fsp3) is 0.375. The summed E-state index contributed by atoms with van der Waals surface area (Å²) in [6.07, 6.45) is 1.28. The molecule has 32 heavy (non-hydrogen) atoms. The Labute approximate surface area is 196 Å². The molecule has 0 N–H and O–H groups in total. The number of thioether (sulfide) groups is 1. The van der Waals surface area contributed by atoms with Gasteiger partial charge in [-0.1, -0.05) is 41.6 Å². The van der Waals surface area contributed by atoms with Gasteiger partial charge in [0.15, 0.2) is 5.16 Å². The third-order valence-corrected chi connectivity index (χ3v) is 6.61. The van der Waals surface area contributed by atoms with Crippen LogP contribution in [0, 0.1) is 0 Å². The summed E-state index contributed by atoms with van der Waals surface area (Å²) in [4.78, 5) is 32.5. The molecule has 2 unspecified atom stereocenters. The maximum absolute atomic E-state index is 13.3. The minimum Gasteiger partial charge on any atom is -0.372 e. The maximum atomic E-state index is 13.3. The van der Waals surface area contributed by atoms with Gasteiger partial charge in [0.2, 0.25) is 5.91 Å². The van der Waals surface area contributed by atoms with Crippen molar-refractivity contribution >= 4 is 40.2 Å². The lowest BCUT2D eigenvalue weighted by molar-refractivity contribution is -0.143. The number of halogens is 1. The molecule has 1 aromatic heterocycles. The standard InChI is InChI=1S/C24H26ClN3O3S/c1-16-14-27(15-17(2)31-16)22(29)11-6-12-32-24-26-21-10-4-3-9-20(21)23(30)28(24)19-8-5-7-18(25)13-19/h3-5,7-10,13,16-17H,6,11-12,14-15H2,1-2H3. The number of rotatable bonds is 6. The van der Waals surface area contributed by atoms with Crippen LogP contribution in [0.3, 0.4) is 0 Å². The number of hydrogen-bond acceptors (Lipinski definition) is 5. The molecule has 3 aromatic rings. The van der Waals surface area contributed by atoms with E-state index in [0.717, 1.165) is 0 Å². The van der Waals surface area contributed by atoms with E-state index in [-0.39, 0.29) is 23.7 Å². The summed E-state index contributed by atoms with van der Waals surface area (Å²) in [5.74, 6) is 0.818. The SMILES string of the molecule is CC1CN(C(=O)CCCSc2nc3ccccc3c(=O)n2-c2cccc(Cl)c2)CC(C)O1. The number of carbonyl (C=O) groups excluding carboxylic acids is 1. The van der Waals surface area contributed by atoms with Crippen LogP contribution in [-0.2, 0) is 9.53 Å². The molecule has 0 spiro atoms. The summed E-state index contributed by atoms with van der Waals surface area (Å²) >= 11 is 7.66. The molecule has 0 radical (unpaired) electrons. The van der Waals surface area contributed by atoms with Crippen molar-refractivity contribution in [3.8, 4) is 5.69 Å². The highest BCUT2D eigenvalue weighted by molar-refractivity contribution is 7.99. The summed E-state index contributed by atoms with van der Waals surface area (Å²) in [5, 5.41) is 1.71. The van der Waals surface area contributed by atoms with Gasteiger partial charge in [0.05, 0.1) is 28.8 Å². The van der Waals surface area contributed by atoms with Crippen molar-refractivity contribution in [3.05, 3.63) is 63.9 Å². The second kappa shape index (κ2) is 10.1. The fourth-order valence-electron chi connectivity index (χ4n) is 3.98. The lowest BCUT2D eigenvalue weighted by Gasteiger charge is -2.35. The third kappa shape index (κ3) is 5.17. The van der Waals surface area contributed by atoms with Gasteiger partial charge in [0.1, 0.15) is 0 Å². The van der Waals surface area contributed by atoms with Gasteiger partial charge in [-0.05, 0) is 50.6 Å². The summed E-state index contributed by atoms with van der Waals surface area (Å²) < 4.78 is 7.32. The van der Waals surface area contributed by atoms with Crippen molar-refractivity contribution in [2.75, 3.05) is 18.8 Å². The Hall–Kier alpha value is -2.35. The van der Waals surface area contributed by atoms with E-state index in [2.05, 4.69) is 0 Å². The van der Waals surface area contributed by atoms with Gasteiger partial charge >= 0.3 is 0 Å². The van der Waals surface area contributed by atoms with Crippen molar-refractivity contribution < 1.29 is 9.53 Å². The minimum absolute atomic E-state index is 0.0611. The highest BCUT2D eigenvalue weighted by Crippen LogP contribution is 2.24. The molecule has 8 heteroatoms. The van der Waals surface area contributed by atoms with Crippen LogP contribution >= 0.6 is 23.4 Å². The number of fused-ring (bicyclic) bond motifs is 1. The van der Waals surface area contributed by atoms with Crippen molar-refractivity contribution in [3.63, 3.8) is 0 Å². The second-order valence-electron chi connectivity index (χ2n) is 8.04. The van der Waals surface area contributed by atoms with Crippen molar-refractivity contribution in [2.24, 2.45) is 0 Å². The van der Waals surface area contributed by atoms with Gasteiger partial charge in [0.25, 0.3) is 5.56 Å². The highest BCUT2D eigenvalue weighted by Gasteiger charge is 2.25. The van der Waals surface area contributed by atoms with E-state index in [4.69, 9.17) is 21.3 Å². The van der Waals surface area contributed by atoms with E-state index in [0.29, 0.717) is 58.5 Å². The van der Waals surface area contributed by atoms with E-state index >= 15 is 0 Å². The number of carbonyl (C=O) groups is 1. The molecule has 1 aliphatic rings. The largest absolute Gasteiger partial charge is 0.372 e. The zero-order valence-electron chi connectivity index (χ0n) is 18.2. The molecule has 0 bridgehead atoms. The van der Waals surface area contributed by atoms with Gasteiger partial charge in [-0.3, -0.25) is 14.2 Å². The summed E-state index contributed by atoms with van der Waals surface area (Å²) in [5.41, 5.74) is 1.20. The van der Waals surface area contributed by atoms with Gasteiger partial charge < -0.3 is 9.64 Å². The number of ether oxygens (including phenoxy) is 1. The van der Waals surface area contributed by atoms with Crippen LogP contribution in [0.4, 0.5) is 0 Å². The van der Waals surface area contributed by atoms with Crippen molar-refractivity contribution in [1.82, 2.24) is 14.5 Å². The average molecular weight is 472 g/mol. The van der Waals surface area contributed by atoms with Crippen molar-refractivity contribution in [2.45, 2.75) is 44.1 Å². The molecule has 1 saturated heterocycles. The molecule has 0 saturated carbocycles. The van der Waals surface area contributed by atoms with E-state index < -0.39 is 0 Å². The van der Waals surface area contributed by atoms with Gasteiger partial charge in [-0.2, -0.15) is 0 Å². The number of hydrogen-bond donors (Lipinski definition) is 0. The zero-order valence-corrected chi connectivity index (χ0v) is 19.7. The first-order valence-electron chi connectivity index (χ1n) is 10.8. The first kappa shape index (κ1) is 22.8. The molecule has 1 aliphatic heterocycles. The zero-order chi connectivity index (χ0) is 22.7. The number of para-hydroxylation sites is 1. The molecule has 2 atom stereocenters. The quantitative estimate of drug-likeness (QED) is 0.300. The van der Waals surface area contributed by atoms with Crippen LogP contribution in [0.15, 0.2) is 58.5 Å². The lowest BCUT2D eigenvalue weighted by atomic mass is 10.2. The molecule has 168 valence electrons. The topological polar surface area (TPSA) is 64.4 Å². The number of benzene rings is 2. The Bertz CT molecular complexity index is 1170. The van der Waals surface area contributed by atoms with Crippen molar-refractivity contribution in [1.29, 1.82) is 0 Å². The summed E-state index contributed by atoms with van der Waals surface area (Å²) in [7, 11) is 0. The normalized spacial score (nSPS) is 18.8. The highest BCUT2D eigenvalue weighted by atomic mass is 35.5. The number of nitrogens with zero attached hydrogens (tertiary/aromatic N) is 3. The van der Waals surface area contributed by atoms with Gasteiger partial charge in [-0.15, -0.1) is 0 Å². The predicted octanol–water partition coefficient (Wildman–Crippen LogP) is 4.55. The molecule has 2 heterocycles. The minimum atomic E-state index is -0.132. The maximum Gasteiger partial charge on any atom is 0.266 e. The monoisotopic (exact) mass is 471 g/mol. The molecular weight excluding hydrogens is 446 g/mol. The molecule has 2 aromatic carbocycles. The van der Waals surface area contributed by atoms with Gasteiger partial charge in [0, 0.05) is 30.3 Å². The van der Waals surface area contributed by atoms with Gasteiger partial charge in [-0.25, -0.2) is 4.98 Å². The summed E-state index contributed by atoms with van der Waals surface area (Å²) in [6, 6.07) is 14.5. The number of aromatic nitrogens is 2. The Morgan fingerprint density at radius 1 is 1.16 bits per heavy atom. The molecule has 1 fully saturated rings. The van der Waals surface area contributed by atoms with Crippen LogP contribution < -0.4 is 5.56 Å². The molecule has 1 amide bonds. The first-order valence-corrected chi connectivity index (χ1v) is 12.1. The van der Waals surface area contributed by atoms with Crippen LogP contribution in [-0.4, -0.2) is 51.4 Å². The Kier molecular flexibility index (Phi) is 7.18. The van der Waals surface area contributed by atoms with Crippen LogP contribution in [0.2, 0.25) is 5.02 Å². The van der Waals surface area contributed by atoms with Crippen LogP contribution in [0.25, 0.3) is 16.6 Å². The molecule has 4 rings (SSSR count). The number of morpholine rings is 1. The van der Waals surface area contributed by atoms with E-state index in [9.17, 15) is 9.59 Å². The second-order valence-corrected chi connectivity index (χ2v) is 9.54. The lowest BCUT2D eigenvalue weighted by Crippen LogP contribution is -2.48. The van der Waals surface area contributed by atoms with E-state index in [1.54, 1.807) is 22.8 Å². The predicted molar refractivity (Wildman–Crippen MR) is 129 cm³/mol. The average Bonchev–Trinajstić information content (AvgIpc) is 2.76. The Morgan fingerprint density at radius 2 is 1.91 bits per heavy atom. The molecular formula is C24H26ClN3O3S. The smallest absolute Gasteiger partial charge is 0.266 e. The Morgan fingerprint density at radius 3 is 2.66 bits per heavy atom. The third-order valence-electron chi connectivity index (χ3n) is 5.35. The fourth-order valence-corrected chi connectivity index (χ4v) is 5.11. The number of amides is 1.